The molecule has 0 unspecified atom stereocenters. The normalized spacial score (nSPS) is 17.7. The lowest BCUT2D eigenvalue weighted by Crippen LogP contribution is -2.41. The standard InChI is InChI=1S/C21H20OSi/c1-23(2)20-16-10-9-15-19(20)21(22-23,17-11-5-3-6-12-17)18-13-7-4-8-14-18/h3-16H,1-2H3. The molecule has 0 amide bonds. The van der Waals surface area contributed by atoms with Gasteiger partial charge in [-0.2, -0.15) is 0 Å². The summed E-state index contributed by atoms with van der Waals surface area (Å²) in [4.78, 5) is 0. The molecular weight excluding hydrogens is 296 g/mol. The molecule has 1 aliphatic heterocycles. The summed E-state index contributed by atoms with van der Waals surface area (Å²) in [6.07, 6.45) is 0. The molecular formula is C21H20OSi. The van der Waals surface area contributed by atoms with Crippen LogP contribution in [0.1, 0.15) is 16.7 Å². The smallest absolute Gasteiger partial charge is 0.220 e. The monoisotopic (exact) mass is 316 g/mol. The number of rotatable bonds is 2. The zero-order valence-electron chi connectivity index (χ0n) is 13.5. The van der Waals surface area contributed by atoms with E-state index in [1.807, 2.05) is 0 Å². The predicted molar refractivity (Wildman–Crippen MR) is 97.4 cm³/mol. The Morgan fingerprint density at radius 1 is 0.652 bits per heavy atom. The largest absolute Gasteiger partial charge is 0.395 e. The maximum absolute atomic E-state index is 6.92. The first kappa shape index (κ1) is 14.4. The van der Waals surface area contributed by atoms with Gasteiger partial charge in [0.1, 0.15) is 5.60 Å². The van der Waals surface area contributed by atoms with Crippen LogP contribution in [0.15, 0.2) is 84.9 Å². The first-order valence-electron chi connectivity index (χ1n) is 8.06. The summed E-state index contributed by atoms with van der Waals surface area (Å²) in [6, 6.07) is 30.0. The molecule has 3 aromatic carbocycles. The van der Waals surface area contributed by atoms with Gasteiger partial charge in [0, 0.05) is 0 Å². The second kappa shape index (κ2) is 5.19. The molecule has 0 saturated carbocycles. The molecule has 1 heterocycles. The van der Waals surface area contributed by atoms with E-state index in [-0.39, 0.29) is 0 Å². The highest BCUT2D eigenvalue weighted by Crippen LogP contribution is 2.46. The Labute approximate surface area is 138 Å². The molecule has 114 valence electrons. The van der Waals surface area contributed by atoms with E-state index in [1.165, 1.54) is 21.9 Å². The minimum Gasteiger partial charge on any atom is -0.395 e. The first-order chi connectivity index (χ1) is 11.1. The quantitative estimate of drug-likeness (QED) is 0.636. The van der Waals surface area contributed by atoms with E-state index in [0.29, 0.717) is 0 Å². The van der Waals surface area contributed by atoms with Gasteiger partial charge in [0.15, 0.2) is 0 Å². The van der Waals surface area contributed by atoms with Gasteiger partial charge >= 0.3 is 0 Å². The van der Waals surface area contributed by atoms with Crippen LogP contribution < -0.4 is 5.19 Å². The Kier molecular flexibility index (Phi) is 3.25. The van der Waals surface area contributed by atoms with Crippen molar-refractivity contribution in [3.05, 3.63) is 102 Å². The average molecular weight is 316 g/mol. The van der Waals surface area contributed by atoms with Crippen molar-refractivity contribution < 1.29 is 4.43 Å². The lowest BCUT2D eigenvalue weighted by Gasteiger charge is -2.34. The average Bonchev–Trinajstić information content (AvgIpc) is 2.86. The van der Waals surface area contributed by atoms with Crippen LogP contribution in [0.3, 0.4) is 0 Å². The second-order valence-electron chi connectivity index (χ2n) is 6.57. The molecule has 0 N–H and O–H groups in total. The van der Waals surface area contributed by atoms with Crippen LogP contribution in [-0.2, 0) is 10.0 Å². The minimum absolute atomic E-state index is 0.491. The number of hydrogen-bond donors (Lipinski definition) is 0. The third-order valence-corrected chi connectivity index (χ3v) is 7.27. The predicted octanol–water partition coefficient (Wildman–Crippen LogP) is 4.42. The van der Waals surface area contributed by atoms with Gasteiger partial charge in [-0.05, 0) is 35.0 Å². The third kappa shape index (κ3) is 2.10. The Morgan fingerprint density at radius 2 is 1.13 bits per heavy atom. The molecule has 0 spiro atoms. The van der Waals surface area contributed by atoms with E-state index in [4.69, 9.17) is 4.43 Å². The summed E-state index contributed by atoms with van der Waals surface area (Å²) < 4.78 is 6.92. The minimum atomic E-state index is -1.96. The Balaban J connectivity index is 2.07. The first-order valence-corrected chi connectivity index (χ1v) is 11.0. The maximum Gasteiger partial charge on any atom is 0.220 e. The summed E-state index contributed by atoms with van der Waals surface area (Å²) in [7, 11) is -1.96. The maximum atomic E-state index is 6.92. The van der Waals surface area contributed by atoms with Gasteiger partial charge in [0.2, 0.25) is 8.32 Å². The molecule has 3 aromatic rings. The Hall–Kier alpha value is -2.16. The fourth-order valence-electron chi connectivity index (χ4n) is 3.75. The highest BCUT2D eigenvalue weighted by molar-refractivity contribution is 6.85. The summed E-state index contributed by atoms with van der Waals surface area (Å²) in [5, 5.41) is 1.40. The van der Waals surface area contributed by atoms with Crippen LogP contribution in [0.25, 0.3) is 0 Å². The Morgan fingerprint density at radius 3 is 1.70 bits per heavy atom. The van der Waals surface area contributed by atoms with E-state index >= 15 is 0 Å². The van der Waals surface area contributed by atoms with Gasteiger partial charge in [-0.15, -0.1) is 0 Å². The van der Waals surface area contributed by atoms with Crippen LogP contribution in [0.4, 0.5) is 0 Å². The molecule has 2 heteroatoms. The zero-order chi connectivity index (χ0) is 15.9. The van der Waals surface area contributed by atoms with Crippen molar-refractivity contribution in [1.82, 2.24) is 0 Å². The molecule has 0 aromatic heterocycles. The highest BCUT2D eigenvalue weighted by atomic mass is 28.4. The highest BCUT2D eigenvalue weighted by Gasteiger charge is 2.51. The van der Waals surface area contributed by atoms with Crippen LogP contribution in [0, 0.1) is 0 Å². The van der Waals surface area contributed by atoms with Crippen LogP contribution in [0.5, 0.6) is 0 Å². The molecule has 0 bridgehead atoms. The summed E-state index contributed by atoms with van der Waals surface area (Å²) in [5.41, 5.74) is 3.22. The molecule has 0 atom stereocenters. The van der Waals surface area contributed by atoms with Gasteiger partial charge in [-0.1, -0.05) is 84.9 Å². The Bertz CT molecular complexity index is 785. The summed E-state index contributed by atoms with van der Waals surface area (Å²) >= 11 is 0. The van der Waals surface area contributed by atoms with Gasteiger partial charge in [0.05, 0.1) is 0 Å². The van der Waals surface area contributed by atoms with Crippen molar-refractivity contribution >= 4 is 13.5 Å². The molecule has 1 aliphatic rings. The topological polar surface area (TPSA) is 9.23 Å². The molecule has 4 rings (SSSR count). The van der Waals surface area contributed by atoms with Crippen LogP contribution in [-0.4, -0.2) is 8.32 Å². The van der Waals surface area contributed by atoms with E-state index < -0.39 is 13.9 Å². The molecule has 0 aliphatic carbocycles. The van der Waals surface area contributed by atoms with Crippen LogP contribution in [0.2, 0.25) is 13.1 Å². The van der Waals surface area contributed by atoms with Crippen molar-refractivity contribution in [2.75, 3.05) is 0 Å². The summed E-state index contributed by atoms with van der Waals surface area (Å²) in [6.45, 7) is 4.58. The van der Waals surface area contributed by atoms with E-state index in [9.17, 15) is 0 Å². The molecule has 1 nitrogen and oxygen atoms in total. The molecule has 23 heavy (non-hydrogen) atoms. The third-order valence-electron chi connectivity index (χ3n) is 4.72. The van der Waals surface area contributed by atoms with E-state index in [0.717, 1.165) is 0 Å². The molecule has 0 radical (unpaired) electrons. The fourth-order valence-corrected chi connectivity index (χ4v) is 6.38. The number of hydrogen-bond acceptors (Lipinski definition) is 1. The fraction of sp³-hybridized carbons (Fsp3) is 0.143. The van der Waals surface area contributed by atoms with Crippen molar-refractivity contribution in [2.24, 2.45) is 0 Å². The van der Waals surface area contributed by atoms with E-state index in [2.05, 4.69) is 98.0 Å². The zero-order valence-corrected chi connectivity index (χ0v) is 14.5. The van der Waals surface area contributed by atoms with Gasteiger partial charge in [-0.3, -0.25) is 0 Å². The van der Waals surface area contributed by atoms with Gasteiger partial charge in [-0.25, -0.2) is 0 Å². The SMILES string of the molecule is C[Si]1(C)OC(c2ccccc2)(c2ccccc2)c2ccccc21. The van der Waals surface area contributed by atoms with Crippen molar-refractivity contribution in [3.8, 4) is 0 Å². The van der Waals surface area contributed by atoms with Gasteiger partial charge in [0.25, 0.3) is 0 Å². The number of fused-ring (bicyclic) bond motifs is 1. The lowest BCUT2D eigenvalue weighted by molar-refractivity contribution is 0.164. The van der Waals surface area contributed by atoms with Crippen molar-refractivity contribution in [1.29, 1.82) is 0 Å². The van der Waals surface area contributed by atoms with Gasteiger partial charge < -0.3 is 4.43 Å². The lowest BCUT2D eigenvalue weighted by atomic mass is 9.80. The van der Waals surface area contributed by atoms with Crippen molar-refractivity contribution in [3.63, 3.8) is 0 Å². The summed E-state index contributed by atoms with van der Waals surface area (Å²) in [5.74, 6) is 0. The van der Waals surface area contributed by atoms with Crippen LogP contribution >= 0.6 is 0 Å². The second-order valence-corrected chi connectivity index (χ2v) is 10.3. The number of benzene rings is 3. The van der Waals surface area contributed by atoms with E-state index in [1.54, 1.807) is 0 Å². The molecule has 0 saturated heterocycles. The molecule has 0 fully saturated rings. The van der Waals surface area contributed by atoms with Crippen molar-refractivity contribution in [2.45, 2.75) is 18.7 Å².